The predicted octanol–water partition coefficient (Wildman–Crippen LogP) is 0.195. The van der Waals surface area contributed by atoms with Crippen LogP contribution in [0.4, 0.5) is 5.82 Å². The minimum Gasteiger partial charge on any atom is -0.376 e. The second kappa shape index (κ2) is 8.23. The second-order valence-electron chi connectivity index (χ2n) is 5.48. The summed E-state index contributed by atoms with van der Waals surface area (Å²) in [4.78, 5) is 39.1. The SMILES string of the molecule is COC(C)(C)C(NC(=O)CCC(N)=O)C(=O)Nc1ccccn1. The van der Waals surface area contributed by atoms with Gasteiger partial charge in [0.1, 0.15) is 11.9 Å². The molecule has 1 heterocycles. The van der Waals surface area contributed by atoms with Crippen molar-refractivity contribution in [3.8, 4) is 0 Å². The molecule has 0 aliphatic carbocycles. The molecule has 0 radical (unpaired) electrons. The quantitative estimate of drug-likeness (QED) is 0.630. The van der Waals surface area contributed by atoms with E-state index in [-0.39, 0.29) is 12.8 Å². The summed E-state index contributed by atoms with van der Waals surface area (Å²) in [6, 6.07) is 4.11. The molecule has 1 aromatic rings. The normalized spacial score (nSPS) is 12.3. The van der Waals surface area contributed by atoms with Crippen LogP contribution in [0.15, 0.2) is 24.4 Å². The molecule has 0 fully saturated rings. The molecule has 4 N–H and O–H groups in total. The van der Waals surface area contributed by atoms with Gasteiger partial charge in [-0.15, -0.1) is 0 Å². The van der Waals surface area contributed by atoms with Crippen LogP contribution in [0, 0.1) is 0 Å². The lowest BCUT2D eigenvalue weighted by Gasteiger charge is -2.32. The molecule has 1 rings (SSSR count). The van der Waals surface area contributed by atoms with Gasteiger partial charge in [0.2, 0.25) is 11.8 Å². The molecule has 23 heavy (non-hydrogen) atoms. The van der Waals surface area contributed by atoms with Crippen LogP contribution in [0.1, 0.15) is 26.7 Å². The lowest BCUT2D eigenvalue weighted by molar-refractivity contribution is -0.133. The van der Waals surface area contributed by atoms with Crippen LogP contribution in [0.2, 0.25) is 0 Å². The van der Waals surface area contributed by atoms with Gasteiger partial charge in [0.05, 0.1) is 5.60 Å². The van der Waals surface area contributed by atoms with E-state index in [1.165, 1.54) is 13.3 Å². The lowest BCUT2D eigenvalue weighted by Crippen LogP contribution is -2.57. The molecular formula is C15H22N4O4. The lowest BCUT2D eigenvalue weighted by atomic mass is 9.97. The Hall–Kier alpha value is -2.48. The molecule has 1 aromatic heterocycles. The molecule has 3 amide bonds. The first-order valence-corrected chi connectivity index (χ1v) is 7.11. The largest absolute Gasteiger partial charge is 0.376 e. The number of anilines is 1. The van der Waals surface area contributed by atoms with Crippen molar-refractivity contribution >= 4 is 23.5 Å². The molecule has 0 aliphatic heterocycles. The van der Waals surface area contributed by atoms with Crippen LogP contribution in [-0.2, 0) is 19.1 Å². The highest BCUT2D eigenvalue weighted by Crippen LogP contribution is 2.16. The fourth-order valence-electron chi connectivity index (χ4n) is 1.78. The van der Waals surface area contributed by atoms with E-state index in [0.717, 1.165) is 0 Å². The molecule has 8 nitrogen and oxygen atoms in total. The van der Waals surface area contributed by atoms with Crippen molar-refractivity contribution in [2.75, 3.05) is 12.4 Å². The van der Waals surface area contributed by atoms with Gasteiger partial charge in [-0.1, -0.05) is 6.07 Å². The zero-order valence-corrected chi connectivity index (χ0v) is 13.5. The predicted molar refractivity (Wildman–Crippen MR) is 84.3 cm³/mol. The number of nitrogens with zero attached hydrogens (tertiary/aromatic N) is 1. The number of rotatable bonds is 8. The Morgan fingerprint density at radius 1 is 1.30 bits per heavy atom. The Morgan fingerprint density at radius 2 is 2.00 bits per heavy atom. The number of amides is 3. The smallest absolute Gasteiger partial charge is 0.251 e. The maximum absolute atomic E-state index is 12.5. The molecule has 0 spiro atoms. The van der Waals surface area contributed by atoms with E-state index in [4.69, 9.17) is 10.5 Å². The fourth-order valence-corrected chi connectivity index (χ4v) is 1.78. The highest BCUT2D eigenvalue weighted by atomic mass is 16.5. The number of aromatic nitrogens is 1. The number of nitrogens with two attached hydrogens (primary N) is 1. The van der Waals surface area contributed by atoms with E-state index < -0.39 is 29.4 Å². The molecule has 8 heteroatoms. The third kappa shape index (κ3) is 6.03. The zero-order valence-electron chi connectivity index (χ0n) is 13.5. The van der Waals surface area contributed by atoms with Gasteiger partial charge in [-0.25, -0.2) is 4.98 Å². The van der Waals surface area contributed by atoms with Crippen LogP contribution < -0.4 is 16.4 Å². The van der Waals surface area contributed by atoms with Gasteiger partial charge < -0.3 is 21.1 Å². The van der Waals surface area contributed by atoms with Crippen molar-refractivity contribution in [2.24, 2.45) is 5.73 Å². The first-order valence-electron chi connectivity index (χ1n) is 7.11. The van der Waals surface area contributed by atoms with Crippen LogP contribution in [-0.4, -0.2) is 41.5 Å². The average molecular weight is 322 g/mol. The van der Waals surface area contributed by atoms with E-state index in [2.05, 4.69) is 15.6 Å². The summed E-state index contributed by atoms with van der Waals surface area (Å²) in [5.74, 6) is -1.15. The minimum atomic E-state index is -0.963. The maximum Gasteiger partial charge on any atom is 0.251 e. The fraction of sp³-hybridized carbons (Fsp3) is 0.467. The summed E-state index contributed by atoms with van der Waals surface area (Å²) in [5.41, 5.74) is 4.06. The van der Waals surface area contributed by atoms with Crippen LogP contribution in [0.5, 0.6) is 0 Å². The third-order valence-electron chi connectivity index (χ3n) is 3.30. The van der Waals surface area contributed by atoms with Crippen molar-refractivity contribution in [1.29, 1.82) is 0 Å². The number of ether oxygens (including phenoxy) is 1. The molecule has 1 unspecified atom stereocenters. The average Bonchev–Trinajstić information content (AvgIpc) is 2.51. The Kier molecular flexibility index (Phi) is 6.65. The summed E-state index contributed by atoms with van der Waals surface area (Å²) in [6.07, 6.45) is 1.36. The van der Waals surface area contributed by atoms with Gasteiger partial charge in [-0.05, 0) is 26.0 Å². The zero-order chi connectivity index (χ0) is 17.5. The van der Waals surface area contributed by atoms with E-state index in [0.29, 0.717) is 5.82 Å². The highest BCUT2D eigenvalue weighted by molar-refractivity contribution is 5.97. The first kappa shape index (κ1) is 18.6. The summed E-state index contributed by atoms with van der Waals surface area (Å²) in [6.45, 7) is 3.34. The number of hydrogen-bond acceptors (Lipinski definition) is 5. The summed E-state index contributed by atoms with van der Waals surface area (Å²) in [7, 11) is 1.44. The Morgan fingerprint density at radius 3 is 2.52 bits per heavy atom. The Bertz CT molecular complexity index is 560. The Labute approximate surface area is 134 Å². The third-order valence-corrected chi connectivity index (χ3v) is 3.30. The molecule has 1 atom stereocenters. The number of methoxy groups -OCH3 is 1. The molecule has 0 saturated carbocycles. The molecule has 0 bridgehead atoms. The molecule has 0 aromatic carbocycles. The number of primary amides is 1. The van der Waals surface area contributed by atoms with E-state index in [1.807, 2.05) is 0 Å². The van der Waals surface area contributed by atoms with Crippen molar-refractivity contribution in [1.82, 2.24) is 10.3 Å². The topological polar surface area (TPSA) is 123 Å². The van der Waals surface area contributed by atoms with Gasteiger partial charge in [0.15, 0.2) is 0 Å². The van der Waals surface area contributed by atoms with Crippen LogP contribution in [0.3, 0.4) is 0 Å². The van der Waals surface area contributed by atoms with Crippen molar-refractivity contribution < 1.29 is 19.1 Å². The summed E-state index contributed by atoms with van der Waals surface area (Å²) in [5, 5.41) is 5.19. The number of pyridine rings is 1. The van der Waals surface area contributed by atoms with E-state index in [1.54, 1.807) is 32.0 Å². The summed E-state index contributed by atoms with van der Waals surface area (Å²) < 4.78 is 5.30. The van der Waals surface area contributed by atoms with Crippen molar-refractivity contribution in [3.05, 3.63) is 24.4 Å². The van der Waals surface area contributed by atoms with Crippen LogP contribution >= 0.6 is 0 Å². The standard InChI is InChI=1S/C15H22N4O4/c1-15(2,23-3)13(19-12(21)8-7-10(16)20)14(22)18-11-6-4-5-9-17-11/h4-6,9,13H,7-8H2,1-3H3,(H2,16,20)(H,19,21)(H,17,18,22). The maximum atomic E-state index is 12.5. The first-order chi connectivity index (χ1) is 10.8. The van der Waals surface area contributed by atoms with Crippen LogP contribution in [0.25, 0.3) is 0 Å². The van der Waals surface area contributed by atoms with Crippen molar-refractivity contribution in [3.63, 3.8) is 0 Å². The molecule has 126 valence electrons. The van der Waals surface area contributed by atoms with E-state index >= 15 is 0 Å². The van der Waals surface area contributed by atoms with Crippen molar-refractivity contribution in [2.45, 2.75) is 38.3 Å². The number of carbonyl (C=O) groups excluding carboxylic acids is 3. The number of hydrogen-bond donors (Lipinski definition) is 3. The van der Waals surface area contributed by atoms with Gasteiger partial charge in [0, 0.05) is 26.1 Å². The Balaban J connectivity index is 2.82. The monoisotopic (exact) mass is 322 g/mol. The van der Waals surface area contributed by atoms with Gasteiger partial charge in [-0.2, -0.15) is 0 Å². The second-order valence-corrected chi connectivity index (χ2v) is 5.48. The summed E-state index contributed by atoms with van der Waals surface area (Å²) >= 11 is 0. The number of carbonyl (C=O) groups is 3. The molecule has 0 aliphatic rings. The number of nitrogens with one attached hydrogen (secondary N) is 2. The highest BCUT2D eigenvalue weighted by Gasteiger charge is 2.36. The van der Waals surface area contributed by atoms with Gasteiger partial charge in [-0.3, -0.25) is 14.4 Å². The molecule has 0 saturated heterocycles. The van der Waals surface area contributed by atoms with Gasteiger partial charge in [0.25, 0.3) is 5.91 Å². The molecular weight excluding hydrogens is 300 g/mol. The van der Waals surface area contributed by atoms with Gasteiger partial charge >= 0.3 is 0 Å². The van der Waals surface area contributed by atoms with E-state index in [9.17, 15) is 14.4 Å². The minimum absolute atomic E-state index is 0.0895.